The van der Waals surface area contributed by atoms with Crippen LogP contribution in [0.25, 0.3) is 0 Å². The van der Waals surface area contributed by atoms with E-state index >= 15 is 0 Å². The van der Waals surface area contributed by atoms with Crippen LogP contribution in [-0.2, 0) is 4.79 Å². The van der Waals surface area contributed by atoms with E-state index in [-0.39, 0.29) is 17.3 Å². The lowest BCUT2D eigenvalue weighted by Crippen LogP contribution is -2.48. The average molecular weight is 337 g/mol. The van der Waals surface area contributed by atoms with Crippen LogP contribution in [-0.4, -0.2) is 57.0 Å². The Morgan fingerprint density at radius 2 is 2.09 bits per heavy atom. The van der Waals surface area contributed by atoms with E-state index in [9.17, 15) is 14.4 Å². The van der Waals surface area contributed by atoms with Crippen molar-refractivity contribution < 1.29 is 19.5 Å². The molecule has 1 fully saturated rings. The molecule has 1 aromatic heterocycles. The van der Waals surface area contributed by atoms with Crippen molar-refractivity contribution in [3.8, 4) is 0 Å². The maximum atomic E-state index is 12.6. The molecule has 0 spiro atoms. The molecule has 1 aliphatic rings. The van der Waals surface area contributed by atoms with E-state index in [0.717, 1.165) is 0 Å². The molecule has 1 saturated heterocycles. The number of nitrogens with one attached hydrogen (secondary N) is 1. The fourth-order valence-electron chi connectivity index (χ4n) is 2.10. The smallest absolute Gasteiger partial charge is 0.354 e. The van der Waals surface area contributed by atoms with Crippen LogP contribution >= 0.6 is 11.8 Å². The van der Waals surface area contributed by atoms with Crippen molar-refractivity contribution in [2.24, 2.45) is 5.92 Å². The van der Waals surface area contributed by atoms with Gasteiger partial charge in [0.05, 0.1) is 5.88 Å². The number of carboxylic acids is 1. The van der Waals surface area contributed by atoms with Gasteiger partial charge in [-0.1, -0.05) is 19.9 Å². The van der Waals surface area contributed by atoms with Crippen molar-refractivity contribution in [2.45, 2.75) is 19.9 Å². The van der Waals surface area contributed by atoms with Gasteiger partial charge >= 0.3 is 5.97 Å². The van der Waals surface area contributed by atoms with Gasteiger partial charge in [0.1, 0.15) is 17.4 Å². The topological polar surface area (TPSA) is 99.6 Å². The highest BCUT2D eigenvalue weighted by atomic mass is 32.2. The number of rotatable bonds is 5. The molecule has 0 aliphatic carbocycles. The summed E-state index contributed by atoms with van der Waals surface area (Å²) in [6.07, 6.45) is 0. The predicted molar refractivity (Wildman–Crippen MR) is 86.3 cm³/mol. The lowest BCUT2D eigenvalue weighted by molar-refractivity contribution is -0.124. The minimum absolute atomic E-state index is 0.0362. The Morgan fingerprint density at radius 1 is 1.39 bits per heavy atom. The summed E-state index contributed by atoms with van der Waals surface area (Å²) in [6, 6.07) is 3.70. The third-order valence-corrected chi connectivity index (χ3v) is 4.33. The van der Waals surface area contributed by atoms with Gasteiger partial charge in [-0.3, -0.25) is 9.59 Å². The van der Waals surface area contributed by atoms with Gasteiger partial charge in [0.2, 0.25) is 5.91 Å². The first-order chi connectivity index (χ1) is 10.9. The standard InChI is InChI=1S/C15H19N3O4S/c1-9(2)6-16-13(19)12-7-23-8-18(12)14(20)10-4-3-5-11(17-10)15(21)22/h3-5,9,12H,6-8H2,1-2H3,(H,16,19)(H,21,22). The number of pyridine rings is 1. The van der Waals surface area contributed by atoms with Crippen molar-refractivity contribution in [2.75, 3.05) is 18.2 Å². The van der Waals surface area contributed by atoms with Gasteiger partial charge < -0.3 is 15.3 Å². The van der Waals surface area contributed by atoms with E-state index in [1.165, 1.54) is 34.9 Å². The van der Waals surface area contributed by atoms with Crippen LogP contribution in [0.4, 0.5) is 0 Å². The fraction of sp³-hybridized carbons (Fsp3) is 0.467. The van der Waals surface area contributed by atoms with E-state index in [1.54, 1.807) is 0 Å². The number of aromatic nitrogens is 1. The summed E-state index contributed by atoms with van der Waals surface area (Å²) in [7, 11) is 0. The number of carbonyl (C=O) groups is 3. The quantitative estimate of drug-likeness (QED) is 0.834. The predicted octanol–water partition coefficient (Wildman–Crippen LogP) is 1.07. The summed E-state index contributed by atoms with van der Waals surface area (Å²) >= 11 is 1.49. The van der Waals surface area contributed by atoms with Gasteiger partial charge in [-0.2, -0.15) is 0 Å². The number of aromatic carboxylic acids is 1. The first kappa shape index (κ1) is 17.3. The molecule has 2 N–H and O–H groups in total. The number of amides is 2. The summed E-state index contributed by atoms with van der Waals surface area (Å²) in [5.74, 6) is -0.576. The summed E-state index contributed by atoms with van der Waals surface area (Å²) in [5.41, 5.74) is -0.155. The first-order valence-electron chi connectivity index (χ1n) is 7.27. The third-order valence-electron chi connectivity index (χ3n) is 3.32. The molecule has 0 radical (unpaired) electrons. The highest BCUT2D eigenvalue weighted by Gasteiger charge is 2.35. The summed E-state index contributed by atoms with van der Waals surface area (Å²) in [5, 5.41) is 11.8. The van der Waals surface area contributed by atoms with E-state index in [1.807, 2.05) is 13.8 Å². The molecule has 1 aromatic rings. The Labute approximate surface area is 138 Å². The number of hydrogen-bond acceptors (Lipinski definition) is 5. The summed E-state index contributed by atoms with van der Waals surface area (Å²) in [6.45, 7) is 4.54. The highest BCUT2D eigenvalue weighted by molar-refractivity contribution is 7.99. The molecule has 23 heavy (non-hydrogen) atoms. The van der Waals surface area contributed by atoms with Gasteiger partial charge in [0.25, 0.3) is 5.91 Å². The van der Waals surface area contributed by atoms with Gasteiger partial charge in [-0.25, -0.2) is 9.78 Å². The number of carboxylic acid groups (broad SMARTS) is 1. The molecule has 1 unspecified atom stereocenters. The molecular formula is C15H19N3O4S. The van der Waals surface area contributed by atoms with Crippen LogP contribution < -0.4 is 5.32 Å². The minimum Gasteiger partial charge on any atom is -0.477 e. The van der Waals surface area contributed by atoms with Crippen LogP contribution in [0.2, 0.25) is 0 Å². The molecule has 1 aliphatic heterocycles. The Kier molecular flexibility index (Phi) is 5.59. The highest BCUT2D eigenvalue weighted by Crippen LogP contribution is 2.23. The maximum Gasteiger partial charge on any atom is 0.354 e. The number of carbonyl (C=O) groups excluding carboxylic acids is 2. The van der Waals surface area contributed by atoms with Crippen molar-refractivity contribution in [1.29, 1.82) is 0 Å². The van der Waals surface area contributed by atoms with Crippen molar-refractivity contribution in [3.05, 3.63) is 29.6 Å². The molecule has 7 nitrogen and oxygen atoms in total. The van der Waals surface area contributed by atoms with Gasteiger partial charge in [0, 0.05) is 12.3 Å². The normalized spacial score (nSPS) is 17.3. The molecule has 2 amide bonds. The monoisotopic (exact) mass is 337 g/mol. The van der Waals surface area contributed by atoms with E-state index in [0.29, 0.717) is 24.1 Å². The van der Waals surface area contributed by atoms with Crippen LogP contribution in [0, 0.1) is 5.92 Å². The zero-order valence-corrected chi connectivity index (χ0v) is 13.8. The molecule has 2 heterocycles. The second kappa shape index (κ2) is 7.45. The number of nitrogens with zero attached hydrogens (tertiary/aromatic N) is 2. The fourth-order valence-corrected chi connectivity index (χ4v) is 3.26. The van der Waals surface area contributed by atoms with Gasteiger partial charge in [-0.05, 0) is 18.1 Å². The zero-order valence-electron chi connectivity index (χ0n) is 13.0. The lowest BCUT2D eigenvalue weighted by Gasteiger charge is -2.23. The van der Waals surface area contributed by atoms with E-state index < -0.39 is 17.9 Å². The first-order valence-corrected chi connectivity index (χ1v) is 8.42. The Morgan fingerprint density at radius 3 is 2.74 bits per heavy atom. The molecular weight excluding hydrogens is 318 g/mol. The Hall–Kier alpha value is -2.09. The van der Waals surface area contributed by atoms with E-state index in [2.05, 4.69) is 10.3 Å². The summed E-state index contributed by atoms with van der Waals surface area (Å²) in [4.78, 5) is 41.0. The van der Waals surface area contributed by atoms with Gasteiger partial charge in [-0.15, -0.1) is 11.8 Å². The molecule has 0 saturated carbocycles. The Balaban J connectivity index is 2.13. The second-order valence-corrected chi connectivity index (χ2v) is 6.64. The molecule has 8 heteroatoms. The Bertz CT molecular complexity index is 620. The van der Waals surface area contributed by atoms with Crippen LogP contribution in [0.5, 0.6) is 0 Å². The maximum absolute atomic E-state index is 12.6. The molecule has 2 rings (SSSR count). The lowest BCUT2D eigenvalue weighted by atomic mass is 10.2. The average Bonchev–Trinajstić information content (AvgIpc) is 3.01. The number of hydrogen-bond donors (Lipinski definition) is 2. The molecule has 1 atom stereocenters. The van der Waals surface area contributed by atoms with Crippen molar-refractivity contribution >= 4 is 29.5 Å². The van der Waals surface area contributed by atoms with Crippen molar-refractivity contribution in [1.82, 2.24) is 15.2 Å². The zero-order chi connectivity index (χ0) is 17.0. The molecule has 124 valence electrons. The van der Waals surface area contributed by atoms with Crippen LogP contribution in [0.15, 0.2) is 18.2 Å². The van der Waals surface area contributed by atoms with E-state index in [4.69, 9.17) is 5.11 Å². The van der Waals surface area contributed by atoms with Crippen molar-refractivity contribution in [3.63, 3.8) is 0 Å². The van der Waals surface area contributed by atoms with Gasteiger partial charge in [0.15, 0.2) is 0 Å². The molecule has 0 bridgehead atoms. The number of thioether (sulfide) groups is 1. The van der Waals surface area contributed by atoms with Crippen LogP contribution in [0.3, 0.4) is 0 Å². The third kappa shape index (κ3) is 4.22. The SMILES string of the molecule is CC(C)CNC(=O)C1CSCN1C(=O)c1cccc(C(=O)O)n1. The van der Waals surface area contributed by atoms with Crippen LogP contribution in [0.1, 0.15) is 34.8 Å². The second-order valence-electron chi connectivity index (χ2n) is 5.64. The minimum atomic E-state index is -1.19. The largest absolute Gasteiger partial charge is 0.477 e. The summed E-state index contributed by atoms with van der Waals surface area (Å²) < 4.78 is 0. The molecule has 0 aromatic carbocycles.